The molecule has 0 saturated heterocycles. The van der Waals surface area contributed by atoms with Crippen molar-refractivity contribution < 1.29 is 14.3 Å². The van der Waals surface area contributed by atoms with Gasteiger partial charge in [0.05, 0.1) is 0 Å². The van der Waals surface area contributed by atoms with Crippen LogP contribution in [0.4, 0.5) is 5.82 Å². The average molecular weight is 417 g/mol. The Morgan fingerprint density at radius 1 is 0.968 bits per heavy atom. The lowest BCUT2D eigenvalue weighted by molar-refractivity contribution is -0.118. The number of rotatable bonds is 7. The first-order valence-electron chi connectivity index (χ1n) is 10.0. The number of fused-ring (bicyclic) bond motifs is 1. The fourth-order valence-corrected chi connectivity index (χ4v) is 3.49. The predicted octanol–water partition coefficient (Wildman–Crippen LogP) is 2.81. The Bertz CT molecular complexity index is 1140. The number of anilines is 1. The number of nitrogens with two attached hydrogens (primary N) is 2. The number of carbonyl (C=O) groups excluding carboxylic acids is 2. The maximum atomic E-state index is 11.7. The topological polar surface area (TPSA) is 133 Å². The van der Waals surface area contributed by atoms with E-state index in [-0.39, 0.29) is 11.5 Å². The van der Waals surface area contributed by atoms with Gasteiger partial charge < -0.3 is 21.5 Å². The maximum Gasteiger partial charge on any atom is 0.267 e. The van der Waals surface area contributed by atoms with Crippen LogP contribution in [0.1, 0.15) is 35.0 Å². The third-order valence-corrected chi connectivity index (χ3v) is 5.19. The fraction of sp³-hybridized carbons (Fsp3) is 0.217. The number of aromatic nitrogens is 2. The normalized spacial score (nSPS) is 13.3. The van der Waals surface area contributed by atoms with E-state index < -0.39 is 17.9 Å². The largest absolute Gasteiger partial charge is 0.457 e. The monoisotopic (exact) mass is 417 g/mol. The highest BCUT2D eigenvalue weighted by atomic mass is 16.5. The van der Waals surface area contributed by atoms with Crippen molar-refractivity contribution in [2.45, 2.75) is 32.2 Å². The minimum Gasteiger partial charge on any atom is -0.457 e. The molecule has 0 aliphatic heterocycles. The number of nitrogens with one attached hydrogen (secondary N) is 1. The van der Waals surface area contributed by atoms with Crippen molar-refractivity contribution in [3.8, 4) is 22.9 Å². The Hall–Kier alpha value is -3.94. The number of hydrogen-bond donors (Lipinski definition) is 3. The van der Waals surface area contributed by atoms with E-state index in [0.717, 1.165) is 18.6 Å². The second-order valence-electron chi connectivity index (χ2n) is 7.51. The van der Waals surface area contributed by atoms with Gasteiger partial charge in [0.15, 0.2) is 5.82 Å². The molecule has 5 N–H and O–H groups in total. The van der Waals surface area contributed by atoms with E-state index in [1.807, 2.05) is 18.2 Å². The number of benzene rings is 2. The maximum absolute atomic E-state index is 11.7. The molecule has 3 aromatic rings. The lowest BCUT2D eigenvalue weighted by atomic mass is 10.1. The Balaban J connectivity index is 1.57. The van der Waals surface area contributed by atoms with Crippen molar-refractivity contribution in [3.05, 3.63) is 65.4 Å². The third-order valence-electron chi connectivity index (χ3n) is 5.19. The van der Waals surface area contributed by atoms with Gasteiger partial charge in [-0.1, -0.05) is 6.07 Å². The van der Waals surface area contributed by atoms with Crippen LogP contribution in [0.25, 0.3) is 11.4 Å². The molecule has 1 aliphatic carbocycles. The highest BCUT2D eigenvalue weighted by molar-refractivity contribution is 5.92. The molecule has 0 unspecified atom stereocenters. The molecule has 2 amide bonds. The summed E-state index contributed by atoms with van der Waals surface area (Å²) in [4.78, 5) is 31.6. The van der Waals surface area contributed by atoms with Gasteiger partial charge in [-0.2, -0.15) is 0 Å². The second kappa shape index (κ2) is 8.43. The highest BCUT2D eigenvalue weighted by Crippen LogP contribution is 2.30. The summed E-state index contributed by atoms with van der Waals surface area (Å²) >= 11 is 0. The fourth-order valence-electron chi connectivity index (χ4n) is 3.49. The molecule has 0 bridgehead atoms. The van der Waals surface area contributed by atoms with Crippen molar-refractivity contribution in [2.24, 2.45) is 11.5 Å². The molecule has 0 spiro atoms. The number of nitrogens with zero attached hydrogens (tertiary/aromatic N) is 2. The van der Waals surface area contributed by atoms with E-state index in [9.17, 15) is 9.59 Å². The van der Waals surface area contributed by atoms with Crippen molar-refractivity contribution in [2.75, 3.05) is 5.32 Å². The van der Waals surface area contributed by atoms with Crippen molar-refractivity contribution in [3.63, 3.8) is 0 Å². The van der Waals surface area contributed by atoms with E-state index >= 15 is 0 Å². The number of amides is 2. The van der Waals surface area contributed by atoms with E-state index in [0.29, 0.717) is 17.1 Å². The lowest BCUT2D eigenvalue weighted by Crippen LogP contribution is -2.33. The molecule has 4 rings (SSSR count). The molecule has 2 aromatic carbocycles. The summed E-state index contributed by atoms with van der Waals surface area (Å²) in [6.45, 7) is 1.60. The van der Waals surface area contributed by atoms with Crippen molar-refractivity contribution in [1.29, 1.82) is 0 Å². The molecule has 1 aromatic heterocycles. The molecule has 1 aliphatic rings. The minimum atomic E-state index is -0.699. The molecular formula is C23H23N5O3. The quantitative estimate of drug-likeness (QED) is 0.541. The van der Waals surface area contributed by atoms with Gasteiger partial charge in [-0.3, -0.25) is 9.59 Å². The van der Waals surface area contributed by atoms with Crippen LogP contribution in [-0.4, -0.2) is 27.8 Å². The first kappa shape index (κ1) is 20.3. The number of hydrogen-bond acceptors (Lipinski definition) is 6. The van der Waals surface area contributed by atoms with Crippen LogP contribution >= 0.6 is 0 Å². The summed E-state index contributed by atoms with van der Waals surface area (Å²) in [6.07, 6.45) is 3.40. The van der Waals surface area contributed by atoms with Gasteiger partial charge in [-0.15, -0.1) is 0 Å². The lowest BCUT2D eigenvalue weighted by Gasteiger charge is -2.13. The molecule has 8 heteroatoms. The summed E-state index contributed by atoms with van der Waals surface area (Å²) in [7, 11) is 0. The molecule has 8 nitrogen and oxygen atoms in total. The van der Waals surface area contributed by atoms with Gasteiger partial charge in [0.1, 0.15) is 29.1 Å². The molecule has 0 radical (unpaired) electrons. The summed E-state index contributed by atoms with van der Waals surface area (Å²) in [5, 5.41) is 2.85. The van der Waals surface area contributed by atoms with Crippen LogP contribution < -0.4 is 21.5 Å². The zero-order valence-corrected chi connectivity index (χ0v) is 17.1. The average Bonchev–Trinajstić information content (AvgIpc) is 3.22. The van der Waals surface area contributed by atoms with E-state index in [1.165, 1.54) is 23.6 Å². The van der Waals surface area contributed by atoms with Crippen LogP contribution in [0.5, 0.6) is 11.5 Å². The Morgan fingerprint density at radius 3 is 2.39 bits per heavy atom. The van der Waals surface area contributed by atoms with Crippen LogP contribution in [0.2, 0.25) is 0 Å². The molecule has 1 atom stereocenters. The van der Waals surface area contributed by atoms with Crippen LogP contribution in [0, 0.1) is 0 Å². The molecular weight excluding hydrogens is 394 g/mol. The molecule has 31 heavy (non-hydrogen) atoms. The van der Waals surface area contributed by atoms with Gasteiger partial charge in [-0.25, -0.2) is 9.97 Å². The molecule has 1 heterocycles. The van der Waals surface area contributed by atoms with E-state index in [2.05, 4.69) is 27.4 Å². The zero-order chi connectivity index (χ0) is 22.0. The Kier molecular flexibility index (Phi) is 5.53. The summed E-state index contributed by atoms with van der Waals surface area (Å²) in [5.74, 6) is 0.799. The Labute approximate surface area is 179 Å². The molecule has 0 saturated carbocycles. The smallest absolute Gasteiger partial charge is 0.267 e. The standard InChI is InChI=1S/C23H23N5O3/c1-13(21(24)29)26-20-12-19(22(25)30)27-23(28-20)15-6-8-17(9-7-15)31-18-10-5-14-3-2-4-16(14)11-18/h5-13H,2-4H2,1H3,(H2,24,29)(H2,25,30)(H,26,27,28)/t13-/m0/s1. The molecule has 0 fully saturated rings. The minimum absolute atomic E-state index is 0.0302. The van der Waals surface area contributed by atoms with E-state index in [4.69, 9.17) is 16.2 Å². The number of aryl methyl sites for hydroxylation is 2. The summed E-state index contributed by atoms with van der Waals surface area (Å²) in [5.41, 5.74) is 14.1. The summed E-state index contributed by atoms with van der Waals surface area (Å²) < 4.78 is 5.98. The highest BCUT2D eigenvalue weighted by Gasteiger charge is 2.15. The number of primary amides is 2. The van der Waals surface area contributed by atoms with Gasteiger partial charge in [0.25, 0.3) is 5.91 Å². The van der Waals surface area contributed by atoms with Crippen LogP contribution in [0.15, 0.2) is 48.5 Å². The first-order chi connectivity index (χ1) is 14.9. The first-order valence-corrected chi connectivity index (χ1v) is 10.0. The molecule has 158 valence electrons. The van der Waals surface area contributed by atoms with Gasteiger partial charge in [0, 0.05) is 11.6 Å². The van der Waals surface area contributed by atoms with Gasteiger partial charge in [0.2, 0.25) is 5.91 Å². The summed E-state index contributed by atoms with van der Waals surface area (Å²) in [6, 6.07) is 14.1. The number of carbonyl (C=O) groups is 2. The van der Waals surface area contributed by atoms with Crippen LogP contribution in [-0.2, 0) is 17.6 Å². The van der Waals surface area contributed by atoms with Crippen LogP contribution in [0.3, 0.4) is 0 Å². The number of ether oxygens (including phenoxy) is 1. The zero-order valence-electron chi connectivity index (χ0n) is 17.1. The third kappa shape index (κ3) is 4.63. The van der Waals surface area contributed by atoms with Gasteiger partial charge >= 0.3 is 0 Å². The SMILES string of the molecule is C[C@H](Nc1cc(C(N)=O)nc(-c2ccc(Oc3ccc4c(c3)CCC4)cc2)n1)C(N)=O. The van der Waals surface area contributed by atoms with Crippen molar-refractivity contribution in [1.82, 2.24) is 9.97 Å². The second-order valence-corrected chi connectivity index (χ2v) is 7.51. The predicted molar refractivity (Wildman–Crippen MR) is 117 cm³/mol. The van der Waals surface area contributed by atoms with Gasteiger partial charge in [-0.05, 0) is 73.7 Å². The van der Waals surface area contributed by atoms with Crippen molar-refractivity contribution >= 4 is 17.6 Å². The Morgan fingerprint density at radius 2 is 1.68 bits per heavy atom. The van der Waals surface area contributed by atoms with E-state index in [1.54, 1.807) is 19.1 Å².